The minimum absolute atomic E-state index is 0.409. The maximum Gasteiger partial charge on any atom is 0.231 e. The maximum absolute atomic E-state index is 8.93. The second-order valence-corrected chi connectivity index (χ2v) is 5.96. The van der Waals surface area contributed by atoms with E-state index in [1.807, 2.05) is 48.5 Å². The Hall–Kier alpha value is -4.11. The summed E-state index contributed by atoms with van der Waals surface area (Å²) in [7, 11) is 1.62. The molecule has 0 atom stereocenters. The van der Waals surface area contributed by atoms with Crippen LogP contribution in [0.3, 0.4) is 0 Å². The summed E-state index contributed by atoms with van der Waals surface area (Å²) in [4.78, 5) is 9.09. The number of para-hydroxylation sites is 1. The van der Waals surface area contributed by atoms with Crippen LogP contribution < -0.4 is 14.8 Å². The predicted octanol–water partition coefficient (Wildman–Crippen LogP) is 5.05. The van der Waals surface area contributed by atoms with E-state index in [1.165, 1.54) is 0 Å². The minimum atomic E-state index is 0.409. The van der Waals surface area contributed by atoms with Crippen LogP contribution in [0.15, 0.2) is 72.8 Å². The summed E-state index contributed by atoms with van der Waals surface area (Å²) in [5, 5.41) is 12.9. The quantitative estimate of drug-likeness (QED) is 0.531. The summed E-state index contributed by atoms with van der Waals surface area (Å²) in [5.74, 6) is 2.26. The molecule has 0 fully saturated rings. The van der Waals surface area contributed by atoms with Crippen LogP contribution in [0.1, 0.15) is 5.56 Å². The molecule has 0 aliphatic heterocycles. The van der Waals surface area contributed by atoms with Crippen molar-refractivity contribution in [3.63, 3.8) is 0 Å². The molecule has 0 aliphatic carbocycles. The molecule has 28 heavy (non-hydrogen) atoms. The van der Waals surface area contributed by atoms with Crippen molar-refractivity contribution in [3.8, 4) is 23.4 Å². The molecule has 0 spiro atoms. The number of ether oxygens (including phenoxy) is 2. The first-order chi connectivity index (χ1) is 13.7. The molecule has 0 radical (unpaired) electrons. The lowest BCUT2D eigenvalue weighted by atomic mass is 10.2. The molecule has 6 nitrogen and oxygen atoms in total. The first-order valence-corrected chi connectivity index (χ1v) is 8.61. The zero-order valence-corrected chi connectivity index (χ0v) is 15.1. The smallest absolute Gasteiger partial charge is 0.231 e. The van der Waals surface area contributed by atoms with Crippen LogP contribution in [0, 0.1) is 11.3 Å². The van der Waals surface area contributed by atoms with Crippen LogP contribution in [0.2, 0.25) is 0 Å². The van der Waals surface area contributed by atoms with Gasteiger partial charge in [0.25, 0.3) is 0 Å². The van der Waals surface area contributed by atoms with Crippen molar-refractivity contribution >= 4 is 22.5 Å². The lowest BCUT2D eigenvalue weighted by molar-refractivity contribution is 0.412. The normalized spacial score (nSPS) is 10.3. The molecule has 0 unspecified atom stereocenters. The van der Waals surface area contributed by atoms with E-state index in [9.17, 15) is 0 Å². The number of anilines is 2. The summed E-state index contributed by atoms with van der Waals surface area (Å²) in [6.07, 6.45) is 0. The predicted molar refractivity (Wildman–Crippen MR) is 107 cm³/mol. The zero-order valence-electron chi connectivity index (χ0n) is 15.1. The summed E-state index contributed by atoms with van der Waals surface area (Å²) in [6.45, 7) is 0. The van der Waals surface area contributed by atoms with Crippen LogP contribution in [0.5, 0.6) is 17.4 Å². The molecule has 4 rings (SSSR count). The van der Waals surface area contributed by atoms with Gasteiger partial charge in [0.2, 0.25) is 11.8 Å². The molecular formula is C22H16N4O2. The van der Waals surface area contributed by atoms with E-state index < -0.39 is 0 Å². The number of fused-ring (bicyclic) bond motifs is 1. The van der Waals surface area contributed by atoms with E-state index in [0.29, 0.717) is 23.1 Å². The molecule has 3 aromatic carbocycles. The molecule has 1 heterocycles. The lowest BCUT2D eigenvalue weighted by Gasteiger charge is -2.11. The lowest BCUT2D eigenvalue weighted by Crippen LogP contribution is -2.00. The van der Waals surface area contributed by atoms with Crippen molar-refractivity contribution in [2.24, 2.45) is 0 Å². The molecule has 0 bridgehead atoms. The highest BCUT2D eigenvalue weighted by molar-refractivity contribution is 5.85. The summed E-state index contributed by atoms with van der Waals surface area (Å²) < 4.78 is 11.2. The third-order valence-electron chi connectivity index (χ3n) is 4.11. The standard InChI is InChI=1S/C22H16N4O2/c1-27-17-10-12-18(13-11-17)28-21-19-4-2-3-5-20(19)25-22(26-21)24-16-8-6-15(14-23)7-9-16/h2-13H,1H3,(H,24,25,26). The average Bonchev–Trinajstić information content (AvgIpc) is 2.75. The van der Waals surface area contributed by atoms with Crippen LogP contribution >= 0.6 is 0 Å². The Balaban J connectivity index is 1.68. The average molecular weight is 368 g/mol. The van der Waals surface area contributed by atoms with Gasteiger partial charge >= 0.3 is 0 Å². The van der Waals surface area contributed by atoms with E-state index in [2.05, 4.69) is 21.4 Å². The number of hydrogen-bond acceptors (Lipinski definition) is 6. The Morgan fingerprint density at radius 2 is 1.57 bits per heavy atom. The number of nitrogens with one attached hydrogen (secondary N) is 1. The van der Waals surface area contributed by atoms with Gasteiger partial charge in [-0.2, -0.15) is 10.2 Å². The van der Waals surface area contributed by atoms with Gasteiger partial charge in [-0.15, -0.1) is 0 Å². The topological polar surface area (TPSA) is 80.1 Å². The molecule has 1 N–H and O–H groups in total. The molecule has 0 aliphatic rings. The Morgan fingerprint density at radius 1 is 0.857 bits per heavy atom. The van der Waals surface area contributed by atoms with Gasteiger partial charge in [-0.05, 0) is 60.7 Å². The molecule has 4 aromatic rings. The first-order valence-electron chi connectivity index (χ1n) is 8.61. The van der Waals surface area contributed by atoms with Crippen LogP contribution in [0.4, 0.5) is 11.6 Å². The minimum Gasteiger partial charge on any atom is -0.497 e. The van der Waals surface area contributed by atoms with Crippen LogP contribution in [0.25, 0.3) is 10.9 Å². The number of nitrogens with zero attached hydrogens (tertiary/aromatic N) is 3. The number of nitriles is 1. The molecule has 0 amide bonds. The van der Waals surface area contributed by atoms with Crippen LogP contribution in [-0.2, 0) is 0 Å². The summed E-state index contributed by atoms with van der Waals surface area (Å²) in [5.41, 5.74) is 2.13. The number of methoxy groups -OCH3 is 1. The molecule has 136 valence electrons. The highest BCUT2D eigenvalue weighted by Crippen LogP contribution is 2.30. The van der Waals surface area contributed by atoms with E-state index in [1.54, 1.807) is 31.4 Å². The first kappa shape index (κ1) is 17.3. The van der Waals surface area contributed by atoms with Crippen molar-refractivity contribution in [2.75, 3.05) is 12.4 Å². The molecule has 0 saturated heterocycles. The molecule has 0 saturated carbocycles. The van der Waals surface area contributed by atoms with Crippen molar-refractivity contribution in [2.45, 2.75) is 0 Å². The second-order valence-electron chi connectivity index (χ2n) is 5.96. The highest BCUT2D eigenvalue weighted by atomic mass is 16.5. The molecular weight excluding hydrogens is 352 g/mol. The molecule has 6 heteroatoms. The fourth-order valence-electron chi connectivity index (χ4n) is 2.69. The van der Waals surface area contributed by atoms with Crippen molar-refractivity contribution in [1.82, 2.24) is 9.97 Å². The SMILES string of the molecule is COc1ccc(Oc2nc(Nc3ccc(C#N)cc3)nc3ccccc23)cc1. The third kappa shape index (κ3) is 3.69. The number of benzene rings is 3. The van der Waals surface area contributed by atoms with Crippen molar-refractivity contribution in [3.05, 3.63) is 78.4 Å². The van der Waals surface area contributed by atoms with Gasteiger partial charge in [0, 0.05) is 5.69 Å². The number of aromatic nitrogens is 2. The van der Waals surface area contributed by atoms with Gasteiger partial charge < -0.3 is 14.8 Å². The van der Waals surface area contributed by atoms with Crippen molar-refractivity contribution in [1.29, 1.82) is 5.26 Å². The van der Waals surface area contributed by atoms with Gasteiger partial charge in [0.05, 0.1) is 29.6 Å². The third-order valence-corrected chi connectivity index (χ3v) is 4.11. The van der Waals surface area contributed by atoms with Crippen LogP contribution in [-0.4, -0.2) is 17.1 Å². The monoisotopic (exact) mass is 368 g/mol. The van der Waals surface area contributed by atoms with Gasteiger partial charge in [0.1, 0.15) is 11.5 Å². The second kappa shape index (κ2) is 7.64. The Kier molecular flexibility index (Phi) is 4.72. The van der Waals surface area contributed by atoms with Gasteiger partial charge in [-0.1, -0.05) is 12.1 Å². The fraction of sp³-hybridized carbons (Fsp3) is 0.0455. The maximum atomic E-state index is 8.93. The van der Waals surface area contributed by atoms with E-state index >= 15 is 0 Å². The fourth-order valence-corrected chi connectivity index (χ4v) is 2.69. The Bertz CT molecular complexity index is 1150. The highest BCUT2D eigenvalue weighted by Gasteiger charge is 2.10. The Labute approximate surface area is 162 Å². The van der Waals surface area contributed by atoms with Gasteiger partial charge in [0.15, 0.2) is 0 Å². The van der Waals surface area contributed by atoms with Gasteiger partial charge in [-0.3, -0.25) is 0 Å². The molecule has 1 aromatic heterocycles. The number of hydrogen-bond donors (Lipinski definition) is 1. The zero-order chi connectivity index (χ0) is 19.3. The number of rotatable bonds is 5. The summed E-state index contributed by atoms with van der Waals surface area (Å²) in [6, 6.07) is 24.1. The van der Waals surface area contributed by atoms with E-state index in [-0.39, 0.29) is 0 Å². The van der Waals surface area contributed by atoms with E-state index in [4.69, 9.17) is 14.7 Å². The Morgan fingerprint density at radius 3 is 2.29 bits per heavy atom. The van der Waals surface area contributed by atoms with E-state index in [0.717, 1.165) is 22.3 Å². The summed E-state index contributed by atoms with van der Waals surface area (Å²) >= 11 is 0. The van der Waals surface area contributed by atoms with Gasteiger partial charge in [-0.25, -0.2) is 4.98 Å². The van der Waals surface area contributed by atoms with Crippen molar-refractivity contribution < 1.29 is 9.47 Å². The largest absolute Gasteiger partial charge is 0.497 e.